The maximum Gasteiger partial charge on any atom is 0.223 e. The van der Waals surface area contributed by atoms with E-state index in [9.17, 15) is 4.79 Å². The number of rotatable bonds is 5. The van der Waals surface area contributed by atoms with Gasteiger partial charge in [-0.25, -0.2) is 0 Å². The van der Waals surface area contributed by atoms with Crippen molar-refractivity contribution in [3.8, 4) is 5.75 Å². The number of nitrogens with one attached hydrogen (secondary N) is 1. The van der Waals surface area contributed by atoms with Crippen LogP contribution in [0.2, 0.25) is 0 Å². The highest BCUT2D eigenvalue weighted by Gasteiger charge is 2.28. The minimum absolute atomic E-state index is 0.0488. The number of hydrogen-bond donors (Lipinski definition) is 1. The lowest BCUT2D eigenvalue weighted by atomic mass is 9.97. The number of ether oxygens (including phenoxy) is 1. The molecule has 1 N–H and O–H groups in total. The molecule has 2 aromatic rings. The highest BCUT2D eigenvalue weighted by Crippen LogP contribution is 2.30. The van der Waals surface area contributed by atoms with Gasteiger partial charge in [0.1, 0.15) is 11.8 Å². The van der Waals surface area contributed by atoms with E-state index in [2.05, 4.69) is 15.5 Å². The van der Waals surface area contributed by atoms with Gasteiger partial charge in [-0.1, -0.05) is 49.0 Å². The number of benzene rings is 1. The molecule has 134 valence electrons. The first-order chi connectivity index (χ1) is 12.2. The molecule has 1 heterocycles. The van der Waals surface area contributed by atoms with E-state index in [0.29, 0.717) is 17.5 Å². The summed E-state index contributed by atoms with van der Waals surface area (Å²) in [6, 6.07) is 7.11. The number of para-hydroxylation sites is 1. The fraction of sp³-hybridized carbons (Fsp3) is 0.526. The predicted octanol–water partition coefficient (Wildman–Crippen LogP) is 3.56. The van der Waals surface area contributed by atoms with Crippen LogP contribution in [0.4, 0.5) is 0 Å². The average molecular weight is 343 g/mol. The summed E-state index contributed by atoms with van der Waals surface area (Å²) in [4.78, 5) is 17.2. The topological polar surface area (TPSA) is 77.2 Å². The number of nitrogens with zero attached hydrogens (tertiary/aromatic N) is 2. The van der Waals surface area contributed by atoms with Gasteiger partial charge in [-0.3, -0.25) is 4.79 Å². The van der Waals surface area contributed by atoms with Gasteiger partial charge >= 0.3 is 0 Å². The molecule has 1 fully saturated rings. The Balaban J connectivity index is 1.87. The molecular formula is C19H25N3O3. The van der Waals surface area contributed by atoms with Gasteiger partial charge in [0.05, 0.1) is 7.11 Å². The maximum absolute atomic E-state index is 12.9. The second-order valence-corrected chi connectivity index (χ2v) is 6.54. The summed E-state index contributed by atoms with van der Waals surface area (Å²) in [7, 11) is 1.62. The smallest absolute Gasteiger partial charge is 0.223 e. The lowest BCUT2D eigenvalue weighted by Gasteiger charge is -2.21. The highest BCUT2D eigenvalue weighted by molar-refractivity contribution is 5.79. The van der Waals surface area contributed by atoms with E-state index in [1.807, 2.05) is 24.3 Å². The molecule has 1 atom stereocenters. The third-order valence-corrected chi connectivity index (χ3v) is 4.76. The van der Waals surface area contributed by atoms with Crippen LogP contribution in [-0.4, -0.2) is 23.2 Å². The van der Waals surface area contributed by atoms with Crippen LogP contribution < -0.4 is 10.1 Å². The SMILES string of the molecule is COc1ccccc1C(NC(=O)C1CCCCCC1)c1noc(C)n1. The normalized spacial score (nSPS) is 16.9. The van der Waals surface area contributed by atoms with Crippen molar-refractivity contribution in [3.05, 3.63) is 41.5 Å². The Kier molecular flexibility index (Phi) is 5.68. The summed E-state index contributed by atoms with van der Waals surface area (Å²) in [6.07, 6.45) is 6.52. The van der Waals surface area contributed by atoms with Crippen LogP contribution in [0.3, 0.4) is 0 Å². The van der Waals surface area contributed by atoms with Crippen molar-refractivity contribution >= 4 is 5.91 Å². The molecule has 0 spiro atoms. The summed E-state index contributed by atoms with van der Waals surface area (Å²) in [5.41, 5.74) is 0.827. The van der Waals surface area contributed by atoms with E-state index in [1.165, 1.54) is 12.8 Å². The first-order valence-corrected chi connectivity index (χ1v) is 8.92. The molecule has 1 aromatic carbocycles. The largest absolute Gasteiger partial charge is 0.496 e. The lowest BCUT2D eigenvalue weighted by molar-refractivity contribution is -0.126. The molecule has 25 heavy (non-hydrogen) atoms. The standard InChI is InChI=1S/C19H25N3O3/c1-13-20-18(22-25-13)17(15-11-7-8-12-16(15)24-2)21-19(23)14-9-5-3-4-6-10-14/h7-8,11-12,14,17H,3-6,9-10H2,1-2H3,(H,21,23). The van der Waals surface area contributed by atoms with Crippen molar-refractivity contribution in [1.82, 2.24) is 15.5 Å². The van der Waals surface area contributed by atoms with Crippen LogP contribution in [0.25, 0.3) is 0 Å². The van der Waals surface area contributed by atoms with Crippen LogP contribution in [0, 0.1) is 12.8 Å². The van der Waals surface area contributed by atoms with E-state index < -0.39 is 6.04 Å². The molecule has 1 aliphatic carbocycles. The average Bonchev–Trinajstić information content (AvgIpc) is 2.89. The van der Waals surface area contributed by atoms with Crippen molar-refractivity contribution in [1.29, 1.82) is 0 Å². The number of aromatic nitrogens is 2. The van der Waals surface area contributed by atoms with E-state index in [0.717, 1.165) is 31.2 Å². The zero-order chi connectivity index (χ0) is 17.6. The van der Waals surface area contributed by atoms with Gasteiger partial charge < -0.3 is 14.6 Å². The Morgan fingerprint density at radius 3 is 2.60 bits per heavy atom. The van der Waals surface area contributed by atoms with E-state index in [4.69, 9.17) is 9.26 Å². The Bertz CT molecular complexity index is 705. The van der Waals surface area contributed by atoms with Crippen molar-refractivity contribution in [2.24, 2.45) is 5.92 Å². The fourth-order valence-electron chi connectivity index (χ4n) is 3.42. The van der Waals surface area contributed by atoms with Crippen LogP contribution in [0.5, 0.6) is 5.75 Å². The Morgan fingerprint density at radius 1 is 1.24 bits per heavy atom. The van der Waals surface area contributed by atoms with Crippen LogP contribution in [0.15, 0.2) is 28.8 Å². The minimum atomic E-state index is -0.482. The first kappa shape index (κ1) is 17.5. The van der Waals surface area contributed by atoms with Gasteiger partial charge in [-0.15, -0.1) is 0 Å². The molecule has 1 aromatic heterocycles. The number of amides is 1. The van der Waals surface area contributed by atoms with E-state index >= 15 is 0 Å². The molecule has 6 heteroatoms. The fourth-order valence-corrected chi connectivity index (χ4v) is 3.42. The second-order valence-electron chi connectivity index (χ2n) is 6.54. The summed E-state index contributed by atoms with van der Waals surface area (Å²) in [5, 5.41) is 7.16. The summed E-state index contributed by atoms with van der Waals surface area (Å²) < 4.78 is 10.6. The van der Waals surface area contributed by atoms with E-state index in [-0.39, 0.29) is 11.8 Å². The number of carbonyl (C=O) groups is 1. The molecule has 0 saturated heterocycles. The molecular weight excluding hydrogens is 318 g/mol. The molecule has 0 radical (unpaired) electrons. The third-order valence-electron chi connectivity index (χ3n) is 4.76. The Morgan fingerprint density at radius 2 is 1.96 bits per heavy atom. The van der Waals surface area contributed by atoms with Gasteiger partial charge in [0.2, 0.25) is 11.8 Å². The molecule has 1 aliphatic rings. The van der Waals surface area contributed by atoms with Gasteiger partial charge in [0, 0.05) is 18.4 Å². The van der Waals surface area contributed by atoms with Crippen LogP contribution in [0.1, 0.15) is 61.8 Å². The number of hydrogen-bond acceptors (Lipinski definition) is 5. The third kappa shape index (κ3) is 4.18. The summed E-state index contributed by atoms with van der Waals surface area (Å²) in [5.74, 6) is 1.71. The van der Waals surface area contributed by atoms with Crippen molar-refractivity contribution < 1.29 is 14.1 Å². The van der Waals surface area contributed by atoms with Gasteiger partial charge in [-0.05, 0) is 18.9 Å². The van der Waals surface area contributed by atoms with Gasteiger partial charge in [0.25, 0.3) is 0 Å². The number of aryl methyl sites for hydroxylation is 1. The Labute approximate surface area is 148 Å². The number of carbonyl (C=O) groups excluding carboxylic acids is 1. The monoisotopic (exact) mass is 343 g/mol. The minimum Gasteiger partial charge on any atom is -0.496 e. The molecule has 0 bridgehead atoms. The van der Waals surface area contributed by atoms with Gasteiger partial charge in [0.15, 0.2) is 5.82 Å². The molecule has 1 saturated carbocycles. The molecule has 6 nitrogen and oxygen atoms in total. The zero-order valence-corrected chi connectivity index (χ0v) is 14.8. The lowest BCUT2D eigenvalue weighted by Crippen LogP contribution is -2.35. The predicted molar refractivity (Wildman–Crippen MR) is 93.2 cm³/mol. The van der Waals surface area contributed by atoms with E-state index in [1.54, 1.807) is 14.0 Å². The van der Waals surface area contributed by atoms with Gasteiger partial charge in [-0.2, -0.15) is 4.98 Å². The molecule has 3 rings (SSSR count). The maximum atomic E-state index is 12.9. The van der Waals surface area contributed by atoms with Crippen molar-refractivity contribution in [2.75, 3.05) is 7.11 Å². The summed E-state index contributed by atoms with van der Waals surface area (Å²) in [6.45, 7) is 1.74. The zero-order valence-electron chi connectivity index (χ0n) is 14.8. The molecule has 1 amide bonds. The number of methoxy groups -OCH3 is 1. The van der Waals surface area contributed by atoms with Crippen molar-refractivity contribution in [3.63, 3.8) is 0 Å². The highest BCUT2D eigenvalue weighted by atomic mass is 16.5. The Hall–Kier alpha value is -2.37. The van der Waals surface area contributed by atoms with Crippen LogP contribution >= 0.6 is 0 Å². The quantitative estimate of drug-likeness (QED) is 0.840. The molecule has 1 unspecified atom stereocenters. The first-order valence-electron chi connectivity index (χ1n) is 8.92. The second kappa shape index (κ2) is 8.14. The summed E-state index contributed by atoms with van der Waals surface area (Å²) >= 11 is 0. The van der Waals surface area contributed by atoms with Crippen LogP contribution in [-0.2, 0) is 4.79 Å². The van der Waals surface area contributed by atoms with Crippen molar-refractivity contribution in [2.45, 2.75) is 51.5 Å². The molecule has 0 aliphatic heterocycles.